The summed E-state index contributed by atoms with van der Waals surface area (Å²) in [6.45, 7) is 2.35. The third kappa shape index (κ3) is 4.14. The first-order chi connectivity index (χ1) is 16.4. The van der Waals surface area contributed by atoms with Gasteiger partial charge >= 0.3 is 0 Å². The molecule has 1 fully saturated rings. The predicted octanol–water partition coefficient (Wildman–Crippen LogP) is 5.44. The number of Topliss-reactive ketones (excluding diaryl/α,β-unsaturated/α-hetero) is 1. The Morgan fingerprint density at radius 2 is 1.79 bits per heavy atom. The molecule has 2 aliphatic rings. The van der Waals surface area contributed by atoms with Crippen LogP contribution in [0.25, 0.3) is 5.76 Å². The minimum absolute atomic E-state index is 0.0683. The molecule has 34 heavy (non-hydrogen) atoms. The molecule has 0 unspecified atom stereocenters. The van der Waals surface area contributed by atoms with Crippen LogP contribution in [-0.2, 0) is 22.4 Å². The average Bonchev–Trinajstić information content (AvgIpc) is 3.34. The summed E-state index contributed by atoms with van der Waals surface area (Å²) in [5.74, 6) is -0.625. The van der Waals surface area contributed by atoms with E-state index in [1.54, 1.807) is 11.0 Å². The van der Waals surface area contributed by atoms with Crippen LogP contribution in [0.2, 0.25) is 0 Å². The standard InChI is InChI=1S/C28H24BrNO4/c1-17-15-21-16-20(9-12-23(21)34-17)26(31)24-25(19-7-10-22(29)11-8-19)30(28(33)27(24)32)14-13-18-5-3-2-4-6-18/h2-12,16-17,25,31H,13-15H2,1H3/t17-,25-/m1/s1. The van der Waals surface area contributed by atoms with Crippen molar-refractivity contribution in [3.8, 4) is 5.75 Å². The zero-order valence-corrected chi connectivity index (χ0v) is 20.3. The van der Waals surface area contributed by atoms with Gasteiger partial charge in [-0.05, 0) is 60.4 Å². The van der Waals surface area contributed by atoms with E-state index in [0.29, 0.717) is 18.5 Å². The Labute approximate surface area is 206 Å². The molecule has 1 saturated heterocycles. The van der Waals surface area contributed by atoms with Crippen LogP contribution in [0.5, 0.6) is 5.75 Å². The van der Waals surface area contributed by atoms with E-state index < -0.39 is 17.7 Å². The molecule has 0 saturated carbocycles. The number of carbonyl (C=O) groups is 2. The van der Waals surface area contributed by atoms with Gasteiger partial charge in [-0.15, -0.1) is 0 Å². The van der Waals surface area contributed by atoms with Gasteiger partial charge in [0.2, 0.25) is 0 Å². The highest BCUT2D eigenvalue weighted by molar-refractivity contribution is 9.10. The lowest BCUT2D eigenvalue weighted by Crippen LogP contribution is -2.31. The molecule has 1 N–H and O–H groups in total. The van der Waals surface area contributed by atoms with Crippen molar-refractivity contribution in [3.05, 3.63) is 105 Å². The van der Waals surface area contributed by atoms with Gasteiger partial charge in [0, 0.05) is 23.0 Å². The minimum Gasteiger partial charge on any atom is -0.507 e. The van der Waals surface area contributed by atoms with Crippen LogP contribution in [0.15, 0.2) is 82.8 Å². The number of hydrogen-bond donors (Lipinski definition) is 1. The van der Waals surface area contributed by atoms with Crippen LogP contribution < -0.4 is 4.74 Å². The number of likely N-dealkylation sites (tertiary alicyclic amines) is 1. The fraction of sp³-hybridized carbons (Fsp3) is 0.214. The molecule has 1 amide bonds. The van der Waals surface area contributed by atoms with E-state index >= 15 is 0 Å². The summed E-state index contributed by atoms with van der Waals surface area (Å²) in [5.41, 5.74) is 3.46. The molecule has 3 aromatic rings. The molecule has 5 rings (SSSR count). The average molecular weight is 518 g/mol. The molecule has 0 radical (unpaired) electrons. The Hall–Kier alpha value is -3.38. The van der Waals surface area contributed by atoms with Crippen molar-refractivity contribution in [2.24, 2.45) is 0 Å². The molecule has 5 nitrogen and oxygen atoms in total. The topological polar surface area (TPSA) is 66.8 Å². The van der Waals surface area contributed by atoms with Crippen molar-refractivity contribution >= 4 is 33.4 Å². The van der Waals surface area contributed by atoms with Crippen molar-refractivity contribution in [1.29, 1.82) is 0 Å². The molecular weight excluding hydrogens is 494 g/mol. The highest BCUT2D eigenvalue weighted by Crippen LogP contribution is 2.41. The van der Waals surface area contributed by atoms with E-state index in [9.17, 15) is 14.7 Å². The van der Waals surface area contributed by atoms with Crippen molar-refractivity contribution in [1.82, 2.24) is 4.90 Å². The van der Waals surface area contributed by atoms with E-state index in [-0.39, 0.29) is 17.4 Å². The number of ketones is 1. The molecule has 2 atom stereocenters. The number of aliphatic hydroxyl groups excluding tert-OH is 1. The van der Waals surface area contributed by atoms with Gasteiger partial charge in [0.05, 0.1) is 11.6 Å². The Kier molecular flexibility index (Phi) is 6.00. The second-order valence-electron chi connectivity index (χ2n) is 8.73. The molecule has 0 bridgehead atoms. The zero-order chi connectivity index (χ0) is 23.8. The molecule has 0 spiro atoms. The number of benzene rings is 3. The summed E-state index contributed by atoms with van der Waals surface area (Å²) in [6.07, 6.45) is 1.41. The second kappa shape index (κ2) is 9.11. The second-order valence-corrected chi connectivity index (χ2v) is 9.65. The van der Waals surface area contributed by atoms with Gasteiger partial charge < -0.3 is 14.7 Å². The van der Waals surface area contributed by atoms with Crippen LogP contribution in [0.1, 0.15) is 35.2 Å². The number of aliphatic hydroxyl groups is 1. The number of rotatable bonds is 5. The number of ether oxygens (including phenoxy) is 1. The Bertz CT molecular complexity index is 1280. The van der Waals surface area contributed by atoms with E-state index in [4.69, 9.17) is 4.74 Å². The van der Waals surface area contributed by atoms with Crippen LogP contribution in [0.4, 0.5) is 0 Å². The van der Waals surface area contributed by atoms with Gasteiger partial charge in [-0.1, -0.05) is 58.4 Å². The maximum absolute atomic E-state index is 13.2. The van der Waals surface area contributed by atoms with Crippen LogP contribution >= 0.6 is 15.9 Å². The summed E-state index contributed by atoms with van der Waals surface area (Å²) in [4.78, 5) is 28.0. The molecule has 2 heterocycles. The Morgan fingerprint density at radius 3 is 2.53 bits per heavy atom. The first-order valence-corrected chi connectivity index (χ1v) is 12.1. The molecule has 2 aliphatic heterocycles. The fourth-order valence-electron chi connectivity index (χ4n) is 4.72. The van der Waals surface area contributed by atoms with Gasteiger partial charge in [-0.3, -0.25) is 9.59 Å². The van der Waals surface area contributed by atoms with Crippen molar-refractivity contribution in [2.75, 3.05) is 6.54 Å². The highest BCUT2D eigenvalue weighted by atomic mass is 79.9. The van der Waals surface area contributed by atoms with Crippen molar-refractivity contribution in [3.63, 3.8) is 0 Å². The maximum atomic E-state index is 13.2. The summed E-state index contributed by atoms with van der Waals surface area (Å²) in [5, 5.41) is 11.3. The van der Waals surface area contributed by atoms with Gasteiger partial charge in [0.15, 0.2) is 0 Å². The molecule has 3 aromatic carbocycles. The third-order valence-corrected chi connectivity index (χ3v) is 6.91. The van der Waals surface area contributed by atoms with Gasteiger partial charge in [0.25, 0.3) is 11.7 Å². The van der Waals surface area contributed by atoms with Crippen LogP contribution in [0, 0.1) is 0 Å². The summed E-state index contributed by atoms with van der Waals surface area (Å²) in [6, 6.07) is 22.1. The predicted molar refractivity (Wildman–Crippen MR) is 134 cm³/mol. The summed E-state index contributed by atoms with van der Waals surface area (Å²) in [7, 11) is 0. The largest absolute Gasteiger partial charge is 0.507 e. The van der Waals surface area contributed by atoms with E-state index in [1.807, 2.05) is 73.7 Å². The summed E-state index contributed by atoms with van der Waals surface area (Å²) >= 11 is 3.45. The molecule has 6 heteroatoms. The van der Waals surface area contributed by atoms with Crippen LogP contribution in [0.3, 0.4) is 0 Å². The highest BCUT2D eigenvalue weighted by Gasteiger charge is 2.45. The van der Waals surface area contributed by atoms with Gasteiger partial charge in [-0.2, -0.15) is 0 Å². The number of hydrogen-bond acceptors (Lipinski definition) is 4. The Morgan fingerprint density at radius 1 is 1.06 bits per heavy atom. The van der Waals surface area contributed by atoms with Gasteiger partial charge in [-0.25, -0.2) is 0 Å². The monoisotopic (exact) mass is 517 g/mol. The lowest BCUT2D eigenvalue weighted by Gasteiger charge is -2.25. The fourth-order valence-corrected chi connectivity index (χ4v) is 4.99. The maximum Gasteiger partial charge on any atom is 0.295 e. The molecule has 172 valence electrons. The van der Waals surface area contributed by atoms with E-state index in [2.05, 4.69) is 15.9 Å². The molecular formula is C28H24BrNO4. The SMILES string of the molecule is C[C@@H]1Cc2cc(C(O)=C3C(=O)C(=O)N(CCc4ccccc4)[C@@H]3c3ccc(Br)cc3)ccc2O1. The van der Waals surface area contributed by atoms with Crippen LogP contribution in [-0.4, -0.2) is 34.3 Å². The quantitative estimate of drug-likeness (QED) is 0.278. The zero-order valence-electron chi connectivity index (χ0n) is 18.7. The van der Waals surface area contributed by atoms with Crippen molar-refractivity contribution in [2.45, 2.75) is 31.9 Å². The first kappa shape index (κ1) is 22.4. The lowest BCUT2D eigenvalue weighted by molar-refractivity contribution is -0.139. The van der Waals surface area contributed by atoms with Crippen molar-refractivity contribution < 1.29 is 19.4 Å². The number of nitrogens with zero attached hydrogens (tertiary/aromatic N) is 1. The molecule has 0 aromatic heterocycles. The smallest absolute Gasteiger partial charge is 0.295 e. The number of halogens is 1. The molecule has 0 aliphatic carbocycles. The number of carbonyl (C=O) groups excluding carboxylic acids is 2. The lowest BCUT2D eigenvalue weighted by atomic mass is 9.94. The number of fused-ring (bicyclic) bond motifs is 1. The van der Waals surface area contributed by atoms with Gasteiger partial charge in [0.1, 0.15) is 17.6 Å². The first-order valence-electron chi connectivity index (χ1n) is 11.3. The summed E-state index contributed by atoms with van der Waals surface area (Å²) < 4.78 is 6.66. The third-order valence-electron chi connectivity index (χ3n) is 6.38. The minimum atomic E-state index is -0.666. The normalized spacial score (nSPS) is 20.9. The number of amides is 1. The van der Waals surface area contributed by atoms with E-state index in [0.717, 1.165) is 33.3 Å². The van der Waals surface area contributed by atoms with E-state index in [1.165, 1.54) is 0 Å². The Balaban J connectivity index is 1.57.